The number of aromatic nitrogens is 2. The van der Waals surface area contributed by atoms with Crippen LogP contribution in [0.15, 0.2) is 6.07 Å². The van der Waals surface area contributed by atoms with Crippen molar-refractivity contribution in [3.63, 3.8) is 0 Å². The van der Waals surface area contributed by atoms with Gasteiger partial charge in [-0.25, -0.2) is 4.98 Å². The second-order valence-corrected chi connectivity index (χ2v) is 5.41. The molecule has 1 aromatic rings. The molecule has 2 heterocycles. The summed E-state index contributed by atoms with van der Waals surface area (Å²) in [5.74, 6) is 1.23. The van der Waals surface area contributed by atoms with Crippen LogP contribution < -0.4 is 0 Å². The molecular weight excluding hydrogens is 248 g/mol. The summed E-state index contributed by atoms with van der Waals surface area (Å²) in [6.45, 7) is 5.66. The van der Waals surface area contributed by atoms with Crippen molar-refractivity contribution in [3.05, 3.63) is 22.2 Å². The van der Waals surface area contributed by atoms with E-state index in [2.05, 4.69) is 23.8 Å². The van der Waals surface area contributed by atoms with Crippen molar-refractivity contribution in [2.45, 2.75) is 38.2 Å². The van der Waals surface area contributed by atoms with Gasteiger partial charge in [-0.05, 0) is 12.0 Å². The predicted molar refractivity (Wildman–Crippen MR) is 72.3 cm³/mol. The molecule has 0 spiro atoms. The third-order valence-corrected chi connectivity index (χ3v) is 3.72. The first-order valence-electron chi connectivity index (χ1n) is 6.32. The first-order valence-corrected chi connectivity index (χ1v) is 6.73. The van der Waals surface area contributed by atoms with E-state index in [1.807, 2.05) is 6.07 Å². The molecule has 100 valence electrons. The molecule has 1 aliphatic heterocycles. The summed E-state index contributed by atoms with van der Waals surface area (Å²) in [4.78, 5) is 7.85. The molecule has 1 saturated heterocycles. The summed E-state index contributed by atoms with van der Waals surface area (Å²) in [5, 5.41) is 0. The van der Waals surface area contributed by atoms with Gasteiger partial charge in [-0.15, -0.1) is 0 Å². The molecule has 4 nitrogen and oxygen atoms in total. The Labute approximate surface area is 113 Å². The number of nitrogens with zero attached hydrogens (tertiary/aromatic N) is 1. The molecule has 5 heteroatoms. The van der Waals surface area contributed by atoms with E-state index in [9.17, 15) is 0 Å². The number of H-pyrrole nitrogens is 1. The zero-order chi connectivity index (χ0) is 13.2. The van der Waals surface area contributed by atoms with E-state index in [4.69, 9.17) is 21.7 Å². The molecule has 0 saturated carbocycles. The maximum atomic E-state index is 5.73. The number of methoxy groups -OCH3 is 1. The van der Waals surface area contributed by atoms with E-state index in [0.29, 0.717) is 23.8 Å². The van der Waals surface area contributed by atoms with Gasteiger partial charge >= 0.3 is 0 Å². The highest BCUT2D eigenvalue weighted by Gasteiger charge is 2.37. The lowest BCUT2D eigenvalue weighted by Crippen LogP contribution is -2.37. The van der Waals surface area contributed by atoms with Crippen LogP contribution in [0, 0.1) is 4.64 Å². The van der Waals surface area contributed by atoms with E-state index in [1.54, 1.807) is 7.11 Å². The van der Waals surface area contributed by atoms with Gasteiger partial charge in [0.2, 0.25) is 0 Å². The summed E-state index contributed by atoms with van der Waals surface area (Å²) >= 11 is 5.26. The van der Waals surface area contributed by atoms with Crippen LogP contribution in [-0.4, -0.2) is 30.3 Å². The minimum Gasteiger partial charge on any atom is -0.381 e. The fourth-order valence-electron chi connectivity index (χ4n) is 2.24. The molecule has 0 aliphatic carbocycles. The van der Waals surface area contributed by atoms with Crippen LogP contribution in [0.5, 0.6) is 0 Å². The van der Waals surface area contributed by atoms with E-state index < -0.39 is 0 Å². The number of nitrogens with one attached hydrogen (secondary N) is 1. The average Bonchev–Trinajstić information content (AvgIpc) is 2.38. The van der Waals surface area contributed by atoms with Crippen molar-refractivity contribution in [3.8, 4) is 0 Å². The third kappa shape index (κ3) is 2.63. The largest absolute Gasteiger partial charge is 0.381 e. The highest BCUT2D eigenvalue weighted by molar-refractivity contribution is 7.71. The molecular formula is C13H20N2O2S. The quantitative estimate of drug-likeness (QED) is 0.856. The van der Waals surface area contributed by atoms with Crippen molar-refractivity contribution in [1.82, 2.24) is 9.97 Å². The second kappa shape index (κ2) is 5.47. The SMILES string of the molecule is COC1(c2nc(=S)cc(C(C)C)[nH]2)CCOCC1. The molecule has 1 fully saturated rings. The summed E-state index contributed by atoms with van der Waals surface area (Å²) in [5.41, 5.74) is 0.726. The lowest BCUT2D eigenvalue weighted by Gasteiger charge is -2.35. The monoisotopic (exact) mass is 268 g/mol. The minimum absolute atomic E-state index is 0.378. The van der Waals surface area contributed by atoms with Gasteiger partial charge in [0, 0.05) is 38.9 Å². The molecule has 0 atom stereocenters. The Hall–Kier alpha value is -0.780. The van der Waals surface area contributed by atoms with Crippen molar-refractivity contribution in [1.29, 1.82) is 0 Å². The Morgan fingerprint density at radius 2 is 2.11 bits per heavy atom. The first kappa shape index (κ1) is 13.6. The van der Waals surface area contributed by atoms with Gasteiger partial charge in [-0.3, -0.25) is 0 Å². The predicted octanol–water partition coefficient (Wildman–Crippen LogP) is 2.91. The number of ether oxygens (including phenoxy) is 2. The maximum Gasteiger partial charge on any atom is 0.140 e. The fraction of sp³-hybridized carbons (Fsp3) is 0.692. The van der Waals surface area contributed by atoms with Crippen molar-refractivity contribution >= 4 is 12.2 Å². The van der Waals surface area contributed by atoms with Gasteiger partial charge in [0.05, 0.1) is 0 Å². The number of hydrogen-bond acceptors (Lipinski definition) is 4. The van der Waals surface area contributed by atoms with Crippen LogP contribution in [0.2, 0.25) is 0 Å². The number of hydrogen-bond donors (Lipinski definition) is 1. The summed E-state index contributed by atoms with van der Waals surface area (Å²) < 4.78 is 11.8. The van der Waals surface area contributed by atoms with Gasteiger partial charge in [0.25, 0.3) is 0 Å². The molecule has 18 heavy (non-hydrogen) atoms. The fourth-order valence-corrected chi connectivity index (χ4v) is 2.46. The molecule has 1 aromatic heterocycles. The van der Waals surface area contributed by atoms with Gasteiger partial charge in [0.15, 0.2) is 0 Å². The number of rotatable bonds is 3. The molecule has 0 radical (unpaired) electrons. The summed E-state index contributed by atoms with van der Waals surface area (Å²) in [6, 6.07) is 1.92. The second-order valence-electron chi connectivity index (χ2n) is 4.99. The van der Waals surface area contributed by atoms with E-state index in [0.717, 1.165) is 24.4 Å². The number of aromatic amines is 1. The lowest BCUT2D eigenvalue weighted by atomic mass is 9.92. The van der Waals surface area contributed by atoms with E-state index in [1.165, 1.54) is 0 Å². The molecule has 0 unspecified atom stereocenters. The van der Waals surface area contributed by atoms with Crippen molar-refractivity contribution < 1.29 is 9.47 Å². The Balaban J connectivity index is 2.44. The molecule has 0 amide bonds. The van der Waals surface area contributed by atoms with Gasteiger partial charge in [-0.2, -0.15) is 0 Å². The molecule has 2 rings (SSSR count). The Morgan fingerprint density at radius 3 is 2.67 bits per heavy atom. The van der Waals surface area contributed by atoms with Crippen LogP contribution in [-0.2, 0) is 15.1 Å². The molecule has 1 N–H and O–H groups in total. The van der Waals surface area contributed by atoms with Crippen molar-refractivity contribution in [2.75, 3.05) is 20.3 Å². The standard InChI is InChI=1S/C13H20N2O2S/c1-9(2)10-8-11(18)15-12(14-10)13(16-3)4-6-17-7-5-13/h8-9H,4-7H2,1-3H3,(H,14,15,18). The Kier molecular flexibility index (Phi) is 4.14. The lowest BCUT2D eigenvalue weighted by molar-refractivity contribution is -0.100. The van der Waals surface area contributed by atoms with Gasteiger partial charge in [0.1, 0.15) is 16.1 Å². The zero-order valence-electron chi connectivity index (χ0n) is 11.2. The smallest absolute Gasteiger partial charge is 0.140 e. The average molecular weight is 268 g/mol. The molecule has 0 bridgehead atoms. The van der Waals surface area contributed by atoms with E-state index in [-0.39, 0.29) is 5.60 Å². The van der Waals surface area contributed by atoms with Crippen LogP contribution in [0.25, 0.3) is 0 Å². The third-order valence-electron chi connectivity index (χ3n) is 3.51. The zero-order valence-corrected chi connectivity index (χ0v) is 12.0. The minimum atomic E-state index is -0.378. The van der Waals surface area contributed by atoms with Crippen LogP contribution in [0.3, 0.4) is 0 Å². The van der Waals surface area contributed by atoms with Crippen LogP contribution in [0.4, 0.5) is 0 Å². The van der Waals surface area contributed by atoms with Crippen LogP contribution in [0.1, 0.15) is 44.1 Å². The highest BCUT2D eigenvalue weighted by Crippen LogP contribution is 2.33. The Bertz CT molecular complexity index is 464. The molecule has 1 aliphatic rings. The topological polar surface area (TPSA) is 47.1 Å². The van der Waals surface area contributed by atoms with Crippen molar-refractivity contribution in [2.24, 2.45) is 0 Å². The van der Waals surface area contributed by atoms with E-state index >= 15 is 0 Å². The Morgan fingerprint density at radius 1 is 1.44 bits per heavy atom. The highest BCUT2D eigenvalue weighted by atomic mass is 32.1. The molecule has 0 aromatic carbocycles. The van der Waals surface area contributed by atoms with Gasteiger partial charge in [-0.1, -0.05) is 26.1 Å². The summed E-state index contributed by atoms with van der Waals surface area (Å²) in [7, 11) is 1.73. The maximum absolute atomic E-state index is 5.73. The van der Waals surface area contributed by atoms with Crippen LogP contribution >= 0.6 is 12.2 Å². The normalized spacial score (nSPS) is 19.1. The first-order chi connectivity index (χ1) is 8.57. The van der Waals surface area contributed by atoms with Gasteiger partial charge < -0.3 is 14.5 Å². The summed E-state index contributed by atoms with van der Waals surface area (Å²) in [6.07, 6.45) is 1.62.